The van der Waals surface area contributed by atoms with Crippen molar-refractivity contribution in [1.82, 2.24) is 0 Å². The van der Waals surface area contributed by atoms with E-state index in [1.807, 2.05) is 0 Å². The SMILES string of the molecule is O=C(/C=C/c1ccc(Br)o1)Nc1cccc(S(=O)(=O)Nc2cccc(Cl)c2)c1. The summed E-state index contributed by atoms with van der Waals surface area (Å²) in [5, 5.41) is 3.03. The van der Waals surface area contributed by atoms with Crippen molar-refractivity contribution >= 4 is 60.9 Å². The average molecular weight is 482 g/mol. The molecule has 1 aromatic heterocycles. The molecule has 6 nitrogen and oxygen atoms in total. The molecule has 3 aromatic rings. The fourth-order valence-corrected chi connectivity index (χ4v) is 3.87. The monoisotopic (exact) mass is 480 g/mol. The Hall–Kier alpha value is -2.55. The van der Waals surface area contributed by atoms with E-state index >= 15 is 0 Å². The average Bonchev–Trinajstić information content (AvgIpc) is 3.05. The van der Waals surface area contributed by atoms with Crippen LogP contribution in [0.3, 0.4) is 0 Å². The van der Waals surface area contributed by atoms with Crippen LogP contribution in [0.25, 0.3) is 6.08 Å². The molecule has 0 spiro atoms. The number of amides is 1. The van der Waals surface area contributed by atoms with E-state index < -0.39 is 15.9 Å². The van der Waals surface area contributed by atoms with Gasteiger partial charge < -0.3 is 9.73 Å². The number of nitrogens with one attached hydrogen (secondary N) is 2. The van der Waals surface area contributed by atoms with E-state index in [0.717, 1.165) is 0 Å². The van der Waals surface area contributed by atoms with Crippen LogP contribution in [0.15, 0.2) is 80.7 Å². The predicted octanol–water partition coefficient (Wildman–Crippen LogP) is 5.15. The molecule has 144 valence electrons. The van der Waals surface area contributed by atoms with E-state index in [0.29, 0.717) is 26.8 Å². The van der Waals surface area contributed by atoms with Gasteiger partial charge in [-0.2, -0.15) is 0 Å². The number of halogens is 2. The van der Waals surface area contributed by atoms with Gasteiger partial charge in [0.2, 0.25) is 5.91 Å². The first-order chi connectivity index (χ1) is 13.3. The smallest absolute Gasteiger partial charge is 0.261 e. The Morgan fingerprint density at radius 2 is 1.79 bits per heavy atom. The van der Waals surface area contributed by atoms with Gasteiger partial charge in [0.15, 0.2) is 4.67 Å². The highest BCUT2D eigenvalue weighted by Crippen LogP contribution is 2.21. The molecule has 0 fully saturated rings. The van der Waals surface area contributed by atoms with E-state index in [2.05, 4.69) is 26.0 Å². The number of hydrogen-bond donors (Lipinski definition) is 2. The van der Waals surface area contributed by atoms with Crippen LogP contribution in [0.4, 0.5) is 11.4 Å². The third-order valence-corrected chi connectivity index (χ3v) is 5.52. The Morgan fingerprint density at radius 1 is 1.04 bits per heavy atom. The number of anilines is 2. The Morgan fingerprint density at radius 3 is 2.50 bits per heavy atom. The Balaban J connectivity index is 1.72. The van der Waals surface area contributed by atoms with Gasteiger partial charge in [0, 0.05) is 16.8 Å². The van der Waals surface area contributed by atoms with Gasteiger partial charge in [0.1, 0.15) is 5.76 Å². The van der Waals surface area contributed by atoms with Gasteiger partial charge in [-0.3, -0.25) is 9.52 Å². The highest BCUT2D eigenvalue weighted by atomic mass is 79.9. The van der Waals surface area contributed by atoms with Crippen molar-refractivity contribution in [2.45, 2.75) is 4.90 Å². The van der Waals surface area contributed by atoms with Gasteiger partial charge in [-0.15, -0.1) is 0 Å². The zero-order chi connectivity index (χ0) is 20.1. The summed E-state index contributed by atoms with van der Waals surface area (Å²) in [7, 11) is -3.84. The molecule has 3 rings (SSSR count). The van der Waals surface area contributed by atoms with E-state index in [1.54, 1.807) is 36.4 Å². The third kappa shape index (κ3) is 5.48. The zero-order valence-electron chi connectivity index (χ0n) is 14.2. The maximum atomic E-state index is 12.6. The van der Waals surface area contributed by atoms with Crippen molar-refractivity contribution in [2.24, 2.45) is 0 Å². The maximum Gasteiger partial charge on any atom is 0.261 e. The van der Waals surface area contributed by atoms with Crippen LogP contribution in [-0.4, -0.2) is 14.3 Å². The summed E-state index contributed by atoms with van der Waals surface area (Å²) >= 11 is 9.06. The second-order valence-electron chi connectivity index (χ2n) is 5.61. The third-order valence-electron chi connectivity index (χ3n) is 3.48. The van der Waals surface area contributed by atoms with E-state index in [-0.39, 0.29) is 4.90 Å². The topological polar surface area (TPSA) is 88.4 Å². The second kappa shape index (κ2) is 8.64. The fraction of sp³-hybridized carbons (Fsp3) is 0. The number of carbonyl (C=O) groups is 1. The number of hydrogen-bond acceptors (Lipinski definition) is 4. The minimum Gasteiger partial charge on any atom is -0.450 e. The summed E-state index contributed by atoms with van der Waals surface area (Å²) in [5.41, 5.74) is 0.679. The predicted molar refractivity (Wildman–Crippen MR) is 113 cm³/mol. The number of rotatable bonds is 6. The minimum atomic E-state index is -3.84. The summed E-state index contributed by atoms with van der Waals surface area (Å²) in [4.78, 5) is 12.1. The number of benzene rings is 2. The summed E-state index contributed by atoms with van der Waals surface area (Å²) < 4.78 is 33.4. The van der Waals surface area contributed by atoms with Crippen molar-refractivity contribution in [3.05, 3.63) is 82.2 Å². The van der Waals surface area contributed by atoms with Crippen LogP contribution in [0.2, 0.25) is 5.02 Å². The second-order valence-corrected chi connectivity index (χ2v) is 8.51. The van der Waals surface area contributed by atoms with Crippen LogP contribution in [0.1, 0.15) is 5.76 Å². The summed E-state index contributed by atoms with van der Waals surface area (Å²) in [6.45, 7) is 0. The molecule has 1 amide bonds. The first-order valence-electron chi connectivity index (χ1n) is 7.95. The van der Waals surface area contributed by atoms with Crippen LogP contribution in [-0.2, 0) is 14.8 Å². The standard InChI is InChI=1S/C19H14BrClN2O4S/c20-18-9-7-16(27-18)8-10-19(24)22-14-4-2-6-17(12-14)28(25,26)23-15-5-1-3-13(21)11-15/h1-12,23H,(H,22,24)/b10-8+. The fourth-order valence-electron chi connectivity index (χ4n) is 2.27. The molecule has 0 unspecified atom stereocenters. The molecule has 0 bridgehead atoms. The van der Waals surface area contributed by atoms with Gasteiger partial charge in [0.25, 0.3) is 10.0 Å². The molecule has 9 heteroatoms. The minimum absolute atomic E-state index is 0.00391. The molecule has 2 aromatic carbocycles. The molecular weight excluding hydrogens is 468 g/mol. The number of carbonyl (C=O) groups excluding carboxylic acids is 1. The Kier molecular flexibility index (Phi) is 6.23. The molecule has 1 heterocycles. The van der Waals surface area contributed by atoms with E-state index in [9.17, 15) is 13.2 Å². The summed E-state index contributed by atoms with van der Waals surface area (Å²) in [6, 6.07) is 15.7. The maximum absolute atomic E-state index is 12.6. The molecule has 0 aliphatic rings. The van der Waals surface area contributed by atoms with Crippen molar-refractivity contribution in [3.8, 4) is 0 Å². The summed E-state index contributed by atoms with van der Waals surface area (Å²) in [6.07, 6.45) is 2.79. The normalized spacial score (nSPS) is 11.5. The van der Waals surface area contributed by atoms with Crippen LogP contribution >= 0.6 is 27.5 Å². The van der Waals surface area contributed by atoms with Gasteiger partial charge in [-0.1, -0.05) is 23.7 Å². The van der Waals surface area contributed by atoms with Gasteiger partial charge in [0.05, 0.1) is 10.6 Å². The lowest BCUT2D eigenvalue weighted by Crippen LogP contribution is -2.14. The molecule has 28 heavy (non-hydrogen) atoms. The Bertz CT molecular complexity index is 1140. The molecule has 0 atom stereocenters. The molecule has 2 N–H and O–H groups in total. The molecular formula is C19H14BrClN2O4S. The zero-order valence-corrected chi connectivity index (χ0v) is 17.4. The molecule has 0 saturated heterocycles. The highest BCUT2D eigenvalue weighted by molar-refractivity contribution is 9.10. The van der Waals surface area contributed by atoms with E-state index in [1.165, 1.54) is 36.4 Å². The lowest BCUT2D eigenvalue weighted by molar-refractivity contribution is -0.111. The van der Waals surface area contributed by atoms with Gasteiger partial charge in [-0.05, 0) is 70.5 Å². The first kappa shape index (κ1) is 20.2. The van der Waals surface area contributed by atoms with Crippen molar-refractivity contribution < 1.29 is 17.6 Å². The number of furan rings is 1. The Labute approximate surface area is 175 Å². The highest BCUT2D eigenvalue weighted by Gasteiger charge is 2.15. The summed E-state index contributed by atoms with van der Waals surface area (Å²) in [5.74, 6) is 0.0777. The van der Waals surface area contributed by atoms with Crippen LogP contribution in [0.5, 0.6) is 0 Å². The first-order valence-corrected chi connectivity index (χ1v) is 10.6. The van der Waals surface area contributed by atoms with Gasteiger partial charge in [-0.25, -0.2) is 8.42 Å². The molecule has 0 aliphatic heterocycles. The quantitative estimate of drug-likeness (QED) is 0.477. The molecule has 0 aliphatic carbocycles. The van der Waals surface area contributed by atoms with Crippen molar-refractivity contribution in [2.75, 3.05) is 10.0 Å². The van der Waals surface area contributed by atoms with Crippen LogP contribution < -0.4 is 10.0 Å². The largest absolute Gasteiger partial charge is 0.450 e. The number of sulfonamides is 1. The lowest BCUT2D eigenvalue weighted by Gasteiger charge is -2.10. The van der Waals surface area contributed by atoms with Crippen molar-refractivity contribution in [3.63, 3.8) is 0 Å². The van der Waals surface area contributed by atoms with E-state index in [4.69, 9.17) is 16.0 Å². The lowest BCUT2D eigenvalue weighted by atomic mass is 10.3. The molecule has 0 saturated carbocycles. The van der Waals surface area contributed by atoms with Crippen LogP contribution in [0, 0.1) is 0 Å². The van der Waals surface area contributed by atoms with Crippen molar-refractivity contribution in [1.29, 1.82) is 0 Å². The molecule has 0 radical (unpaired) electrons. The van der Waals surface area contributed by atoms with Gasteiger partial charge >= 0.3 is 0 Å².